The summed E-state index contributed by atoms with van der Waals surface area (Å²) in [5, 5.41) is 29.4. The molecule has 1 aliphatic heterocycles. The number of hydrogen-bond acceptors (Lipinski definition) is 7. The Morgan fingerprint density at radius 3 is 2.44 bits per heavy atom. The molecular formula is C19H15F5N2O6S2. The van der Waals surface area contributed by atoms with Crippen LogP contribution in [0, 0.1) is 23.0 Å². The summed E-state index contributed by atoms with van der Waals surface area (Å²) in [5.41, 5.74) is -4.36. The minimum atomic E-state index is -4.83. The van der Waals surface area contributed by atoms with Crippen LogP contribution in [0.3, 0.4) is 0 Å². The number of rotatable bonds is 6. The Hall–Kier alpha value is -2.48. The van der Waals surface area contributed by atoms with E-state index in [4.69, 9.17) is 4.18 Å². The molecule has 1 heterocycles. The van der Waals surface area contributed by atoms with E-state index in [0.29, 0.717) is 34.6 Å². The first kappa shape index (κ1) is 26.1. The van der Waals surface area contributed by atoms with Crippen molar-refractivity contribution < 1.29 is 49.0 Å². The van der Waals surface area contributed by atoms with Crippen LogP contribution in [0.15, 0.2) is 46.2 Å². The molecule has 0 bridgehead atoms. The van der Waals surface area contributed by atoms with Gasteiger partial charge >= 0.3 is 6.18 Å². The van der Waals surface area contributed by atoms with Gasteiger partial charge in [0.05, 0.1) is 27.5 Å². The number of nitriles is 1. The molecule has 0 amide bonds. The number of hydrogen-bond donors (Lipinski definition) is 2. The minimum Gasteiger partial charge on any atom is -0.393 e. The van der Waals surface area contributed by atoms with Gasteiger partial charge < -0.3 is 10.2 Å². The molecule has 1 fully saturated rings. The largest absolute Gasteiger partial charge is 0.416 e. The van der Waals surface area contributed by atoms with Crippen molar-refractivity contribution in [3.05, 3.63) is 59.2 Å². The maximum Gasteiger partial charge on any atom is 0.416 e. The Labute approximate surface area is 192 Å². The molecule has 0 aromatic heterocycles. The molecule has 8 nitrogen and oxygen atoms in total. The Balaban J connectivity index is 1.91. The summed E-state index contributed by atoms with van der Waals surface area (Å²) in [5.74, 6) is -2.57. The standard InChI is InChI=1S/C19H15F5N2O6S2/c20-14-3-2-13(6-15(14)21)33(29)32-17-8-26(9-18(17,28)10-27)34(30,31)16-4-1-12(19(22,23)24)5-11(16)7-25/h1-6,17,27-28H,8-10H2/t17-,18-,33?/m0/s1. The lowest BCUT2D eigenvalue weighted by Gasteiger charge is -2.25. The van der Waals surface area contributed by atoms with E-state index < -0.39 is 86.3 Å². The van der Waals surface area contributed by atoms with Gasteiger partial charge in [-0.3, -0.25) is 4.18 Å². The van der Waals surface area contributed by atoms with Crippen LogP contribution in [-0.2, 0) is 31.5 Å². The fourth-order valence-corrected chi connectivity index (χ4v) is 5.75. The molecule has 0 spiro atoms. The Bertz CT molecular complexity index is 1280. The van der Waals surface area contributed by atoms with Crippen LogP contribution in [0.5, 0.6) is 0 Å². The average molecular weight is 526 g/mol. The maximum absolute atomic E-state index is 13.4. The van der Waals surface area contributed by atoms with Gasteiger partial charge in [0.1, 0.15) is 17.8 Å². The van der Waals surface area contributed by atoms with Crippen LogP contribution < -0.4 is 0 Å². The first-order chi connectivity index (χ1) is 15.7. The van der Waals surface area contributed by atoms with Crippen LogP contribution in [-0.4, -0.2) is 58.5 Å². The Morgan fingerprint density at radius 1 is 1.21 bits per heavy atom. The van der Waals surface area contributed by atoms with E-state index in [1.807, 2.05) is 0 Å². The lowest BCUT2D eigenvalue weighted by molar-refractivity contribution is -0.137. The minimum absolute atomic E-state index is 0.352. The third kappa shape index (κ3) is 4.97. The summed E-state index contributed by atoms with van der Waals surface area (Å²) >= 11 is -2.52. The molecule has 1 aliphatic rings. The molecule has 2 N–H and O–H groups in total. The molecule has 2 aromatic carbocycles. The van der Waals surface area contributed by atoms with E-state index in [2.05, 4.69) is 0 Å². The van der Waals surface area contributed by atoms with Crippen LogP contribution in [0.4, 0.5) is 22.0 Å². The molecule has 3 rings (SSSR count). The zero-order valence-electron chi connectivity index (χ0n) is 16.8. The number of benzene rings is 2. The van der Waals surface area contributed by atoms with Crippen molar-refractivity contribution in [2.45, 2.75) is 27.7 Å². The lowest BCUT2D eigenvalue weighted by atomic mass is 10.0. The molecule has 0 saturated carbocycles. The van der Waals surface area contributed by atoms with E-state index in [1.165, 1.54) is 6.07 Å². The highest BCUT2D eigenvalue weighted by Crippen LogP contribution is 2.35. The zero-order valence-corrected chi connectivity index (χ0v) is 18.4. The highest BCUT2D eigenvalue weighted by atomic mass is 32.2. The summed E-state index contributed by atoms with van der Waals surface area (Å²) in [4.78, 5) is -1.14. The predicted molar refractivity (Wildman–Crippen MR) is 105 cm³/mol. The third-order valence-corrected chi connectivity index (χ3v) is 7.94. The smallest absolute Gasteiger partial charge is 0.393 e. The van der Waals surface area contributed by atoms with Crippen LogP contribution >= 0.6 is 0 Å². The topological polar surface area (TPSA) is 128 Å². The zero-order chi connectivity index (χ0) is 25.5. The molecular weight excluding hydrogens is 511 g/mol. The summed E-state index contributed by atoms with van der Waals surface area (Å²) in [7, 11) is -4.69. The molecule has 0 aliphatic carbocycles. The molecule has 2 aromatic rings. The van der Waals surface area contributed by atoms with Gasteiger partial charge in [-0.15, -0.1) is 0 Å². The molecule has 1 saturated heterocycles. The highest BCUT2D eigenvalue weighted by molar-refractivity contribution is 7.89. The number of aliphatic hydroxyl groups is 2. The lowest BCUT2D eigenvalue weighted by Crippen LogP contribution is -2.47. The first-order valence-electron chi connectivity index (χ1n) is 9.21. The van der Waals surface area contributed by atoms with E-state index in [-0.39, 0.29) is 4.90 Å². The normalized spacial score (nSPS) is 22.5. The van der Waals surface area contributed by atoms with Crippen molar-refractivity contribution in [3.63, 3.8) is 0 Å². The van der Waals surface area contributed by atoms with Crippen molar-refractivity contribution in [2.24, 2.45) is 0 Å². The van der Waals surface area contributed by atoms with E-state index in [0.717, 1.165) is 6.07 Å². The monoisotopic (exact) mass is 526 g/mol. The van der Waals surface area contributed by atoms with Crippen LogP contribution in [0.1, 0.15) is 11.1 Å². The number of β-amino-alcohol motifs (C(OH)–C–C–N with tert-alkyl or cyclic N) is 1. The number of sulfonamides is 1. The summed E-state index contributed by atoms with van der Waals surface area (Å²) < 4.78 is 109. The van der Waals surface area contributed by atoms with Gasteiger partial charge in [-0.1, -0.05) is 0 Å². The van der Waals surface area contributed by atoms with Crippen molar-refractivity contribution in [1.29, 1.82) is 5.26 Å². The number of halogens is 5. The van der Waals surface area contributed by atoms with Gasteiger partial charge in [-0.05, 0) is 36.4 Å². The van der Waals surface area contributed by atoms with Gasteiger partial charge in [0.15, 0.2) is 22.7 Å². The fraction of sp³-hybridized carbons (Fsp3) is 0.316. The first-order valence-corrected chi connectivity index (χ1v) is 11.7. The van der Waals surface area contributed by atoms with E-state index in [9.17, 15) is 50.1 Å². The van der Waals surface area contributed by atoms with Crippen molar-refractivity contribution in [1.82, 2.24) is 4.31 Å². The Kier molecular flexibility index (Phi) is 7.14. The van der Waals surface area contributed by atoms with Crippen LogP contribution in [0.25, 0.3) is 0 Å². The van der Waals surface area contributed by atoms with E-state index >= 15 is 0 Å². The predicted octanol–water partition coefficient (Wildman–Crippen LogP) is 1.69. The highest BCUT2D eigenvalue weighted by Gasteiger charge is 2.51. The second-order valence-electron chi connectivity index (χ2n) is 7.28. The van der Waals surface area contributed by atoms with Crippen molar-refractivity contribution in [3.8, 4) is 6.07 Å². The SMILES string of the molecule is N#Cc1cc(C(F)(F)F)ccc1S(=O)(=O)N1C[C@H](OS(=O)c2ccc(F)c(F)c2)[C@@](O)(CO)C1. The summed E-state index contributed by atoms with van der Waals surface area (Å²) in [6.45, 7) is -2.62. The average Bonchev–Trinajstić information content (AvgIpc) is 3.12. The molecule has 0 radical (unpaired) electrons. The molecule has 34 heavy (non-hydrogen) atoms. The number of alkyl halides is 3. The fourth-order valence-electron chi connectivity index (χ4n) is 3.18. The molecule has 1 unspecified atom stereocenters. The van der Waals surface area contributed by atoms with Gasteiger partial charge in [-0.2, -0.15) is 22.7 Å². The molecule has 15 heteroatoms. The number of aliphatic hydroxyl groups excluding tert-OH is 1. The van der Waals surface area contributed by atoms with Gasteiger partial charge in [0.25, 0.3) is 0 Å². The molecule has 184 valence electrons. The second kappa shape index (κ2) is 9.29. The summed E-state index contributed by atoms with van der Waals surface area (Å²) in [6.07, 6.45) is -6.47. The maximum atomic E-state index is 13.4. The van der Waals surface area contributed by atoms with E-state index in [1.54, 1.807) is 0 Å². The third-order valence-electron chi connectivity index (χ3n) is 5.02. The van der Waals surface area contributed by atoms with Gasteiger partial charge in [0.2, 0.25) is 10.0 Å². The van der Waals surface area contributed by atoms with Crippen molar-refractivity contribution in [2.75, 3.05) is 19.7 Å². The molecule has 3 atom stereocenters. The van der Waals surface area contributed by atoms with Gasteiger partial charge in [0, 0.05) is 13.1 Å². The summed E-state index contributed by atoms with van der Waals surface area (Å²) in [6, 6.07) is 4.95. The number of nitrogens with zero attached hydrogens (tertiary/aromatic N) is 2. The quantitative estimate of drug-likeness (QED) is 0.549. The Morgan fingerprint density at radius 2 is 1.88 bits per heavy atom. The second-order valence-corrected chi connectivity index (χ2v) is 10.3. The van der Waals surface area contributed by atoms with Crippen molar-refractivity contribution >= 4 is 21.1 Å². The van der Waals surface area contributed by atoms with Crippen LogP contribution in [0.2, 0.25) is 0 Å². The van der Waals surface area contributed by atoms with Gasteiger partial charge in [-0.25, -0.2) is 21.4 Å².